The van der Waals surface area contributed by atoms with Crippen LogP contribution in [-0.2, 0) is 7.05 Å². The Bertz CT molecular complexity index is 246. The monoisotopic (exact) mass is 263 g/mol. The highest BCUT2D eigenvalue weighted by atomic mass is 79.9. The van der Waals surface area contributed by atoms with Crippen LogP contribution in [0.5, 0.6) is 0 Å². The van der Waals surface area contributed by atoms with Crippen LogP contribution in [0.4, 0.5) is 0 Å². The lowest BCUT2D eigenvalue weighted by Crippen LogP contribution is -1.86. The van der Waals surface area contributed by atoms with Gasteiger partial charge in [0.15, 0.2) is 0 Å². The Labute approximate surface area is 77.0 Å². The minimum absolute atomic E-state index is 0.960. The van der Waals surface area contributed by atoms with Crippen molar-refractivity contribution in [1.82, 2.24) is 4.57 Å². The van der Waals surface area contributed by atoms with Crippen LogP contribution >= 0.6 is 31.9 Å². The molecule has 0 N–H and O–H groups in total. The first-order chi connectivity index (χ1) is 4.70. The molecule has 1 nitrogen and oxygen atoms in total. The predicted octanol–water partition coefficient (Wildman–Crippen LogP) is 3.11. The number of hydrogen-bond acceptors (Lipinski definition) is 0. The van der Waals surface area contributed by atoms with Crippen LogP contribution in [0.1, 0.15) is 5.69 Å². The first-order valence-corrected chi connectivity index (χ1v) is 4.43. The summed E-state index contributed by atoms with van der Waals surface area (Å²) in [5.74, 6) is 0. The van der Waals surface area contributed by atoms with E-state index in [4.69, 9.17) is 0 Å². The summed E-state index contributed by atoms with van der Waals surface area (Å²) < 4.78 is 3.00. The molecule has 0 unspecified atom stereocenters. The minimum Gasteiger partial charge on any atom is -0.351 e. The Morgan fingerprint density at radius 2 is 2.30 bits per heavy atom. The van der Waals surface area contributed by atoms with E-state index in [2.05, 4.69) is 31.9 Å². The number of aromatic nitrogens is 1. The second-order valence-corrected chi connectivity index (χ2v) is 4.75. The molecule has 0 aliphatic rings. The molecule has 1 rings (SSSR count). The zero-order chi connectivity index (χ0) is 7.56. The third-order valence-corrected chi connectivity index (χ3v) is 1.70. The molecule has 0 radical (unpaired) electrons. The summed E-state index contributed by atoms with van der Waals surface area (Å²) in [6, 6.07) is 4.05. The molecule has 0 spiro atoms. The molecule has 10 heavy (non-hydrogen) atoms. The van der Waals surface area contributed by atoms with Gasteiger partial charge in [0.05, 0.1) is 3.39 Å². The fraction of sp³-hybridized carbons (Fsp3) is 0.143. The maximum atomic E-state index is 3.29. The zero-order valence-electron chi connectivity index (χ0n) is 5.51. The van der Waals surface area contributed by atoms with Crippen LogP contribution in [0.25, 0.3) is 6.08 Å². The third kappa shape index (κ3) is 1.99. The van der Waals surface area contributed by atoms with Gasteiger partial charge in [-0.15, -0.1) is 0 Å². The molecule has 0 fully saturated rings. The van der Waals surface area contributed by atoms with Gasteiger partial charge < -0.3 is 4.57 Å². The topological polar surface area (TPSA) is 4.93 Å². The van der Waals surface area contributed by atoms with Gasteiger partial charge in [-0.1, -0.05) is 0 Å². The van der Waals surface area contributed by atoms with Crippen LogP contribution in [-0.4, -0.2) is 4.57 Å². The Hall–Kier alpha value is -0.0200. The van der Waals surface area contributed by atoms with Gasteiger partial charge in [-0.2, -0.15) is 0 Å². The van der Waals surface area contributed by atoms with Gasteiger partial charge in [-0.25, -0.2) is 0 Å². The molecule has 1 aromatic rings. The Balaban J connectivity index is 2.95. The molecule has 0 aromatic carbocycles. The van der Waals surface area contributed by atoms with Crippen LogP contribution in [0.3, 0.4) is 0 Å². The van der Waals surface area contributed by atoms with Gasteiger partial charge in [0.25, 0.3) is 0 Å². The van der Waals surface area contributed by atoms with Gasteiger partial charge in [-0.05, 0) is 50.1 Å². The Morgan fingerprint density at radius 1 is 1.60 bits per heavy atom. The standard InChI is InChI=1S/C7H7Br2N/c1-10-4-2-3-6(10)5-7(8)9/h2-5H,1H3. The molecular formula is C7H7Br2N. The molecule has 0 saturated heterocycles. The van der Waals surface area contributed by atoms with Gasteiger partial charge in [-0.3, -0.25) is 0 Å². The van der Waals surface area contributed by atoms with Crippen LogP contribution in [0, 0.1) is 0 Å². The van der Waals surface area contributed by atoms with Crippen molar-refractivity contribution in [1.29, 1.82) is 0 Å². The number of rotatable bonds is 1. The number of halogens is 2. The highest BCUT2D eigenvalue weighted by Gasteiger charge is 1.91. The molecule has 0 saturated carbocycles. The van der Waals surface area contributed by atoms with E-state index in [9.17, 15) is 0 Å². The molecule has 0 amide bonds. The summed E-state index contributed by atoms with van der Waals surface area (Å²) in [5.41, 5.74) is 1.17. The van der Waals surface area contributed by atoms with E-state index in [0.29, 0.717) is 0 Å². The van der Waals surface area contributed by atoms with E-state index in [0.717, 1.165) is 3.39 Å². The fourth-order valence-corrected chi connectivity index (χ4v) is 1.21. The van der Waals surface area contributed by atoms with E-state index < -0.39 is 0 Å². The molecule has 0 aliphatic carbocycles. The van der Waals surface area contributed by atoms with E-state index >= 15 is 0 Å². The summed E-state index contributed by atoms with van der Waals surface area (Å²) in [4.78, 5) is 0. The van der Waals surface area contributed by atoms with E-state index in [1.165, 1.54) is 5.69 Å². The summed E-state index contributed by atoms with van der Waals surface area (Å²) in [5, 5.41) is 0. The normalized spacial score (nSPS) is 9.50. The van der Waals surface area contributed by atoms with Crippen LogP contribution < -0.4 is 0 Å². The number of nitrogens with zero attached hydrogens (tertiary/aromatic N) is 1. The van der Waals surface area contributed by atoms with Crippen molar-refractivity contribution in [2.75, 3.05) is 0 Å². The van der Waals surface area contributed by atoms with Crippen molar-refractivity contribution < 1.29 is 0 Å². The zero-order valence-corrected chi connectivity index (χ0v) is 8.68. The van der Waals surface area contributed by atoms with E-state index in [-0.39, 0.29) is 0 Å². The third-order valence-electron chi connectivity index (χ3n) is 1.24. The second-order valence-electron chi connectivity index (χ2n) is 1.98. The molecule has 54 valence electrons. The predicted molar refractivity (Wildman–Crippen MR) is 51.2 cm³/mol. The summed E-state index contributed by atoms with van der Waals surface area (Å²) in [6.07, 6.45) is 4.01. The summed E-state index contributed by atoms with van der Waals surface area (Å²) in [6.45, 7) is 0. The first kappa shape index (κ1) is 8.08. The van der Waals surface area contributed by atoms with E-state index in [1.54, 1.807) is 0 Å². The molecule has 3 heteroatoms. The Morgan fingerprint density at radius 3 is 2.70 bits per heavy atom. The van der Waals surface area contributed by atoms with Gasteiger partial charge in [0.1, 0.15) is 0 Å². The first-order valence-electron chi connectivity index (χ1n) is 2.84. The quantitative estimate of drug-likeness (QED) is 0.735. The maximum Gasteiger partial charge on any atom is 0.0624 e. The molecule has 0 bridgehead atoms. The molecule has 1 aromatic heterocycles. The number of aryl methyl sites for hydroxylation is 1. The molecule has 0 aliphatic heterocycles. The van der Waals surface area contributed by atoms with Crippen molar-refractivity contribution >= 4 is 37.9 Å². The lowest BCUT2D eigenvalue weighted by atomic mass is 10.4. The second kappa shape index (κ2) is 3.39. The van der Waals surface area contributed by atoms with Crippen molar-refractivity contribution in [3.05, 3.63) is 27.4 Å². The molecule has 0 atom stereocenters. The average molecular weight is 265 g/mol. The van der Waals surface area contributed by atoms with E-state index in [1.807, 2.05) is 36.0 Å². The van der Waals surface area contributed by atoms with Crippen molar-refractivity contribution in [3.8, 4) is 0 Å². The summed E-state index contributed by atoms with van der Waals surface area (Å²) in [7, 11) is 2.01. The van der Waals surface area contributed by atoms with Crippen LogP contribution in [0.2, 0.25) is 0 Å². The minimum atomic E-state index is 0.960. The largest absolute Gasteiger partial charge is 0.351 e. The van der Waals surface area contributed by atoms with Crippen molar-refractivity contribution in [2.45, 2.75) is 0 Å². The SMILES string of the molecule is Cn1cccc1C=C(Br)Br. The molecule has 1 heterocycles. The number of hydrogen-bond donors (Lipinski definition) is 0. The van der Waals surface area contributed by atoms with Gasteiger partial charge >= 0.3 is 0 Å². The van der Waals surface area contributed by atoms with Gasteiger partial charge in [0.2, 0.25) is 0 Å². The lowest BCUT2D eigenvalue weighted by Gasteiger charge is -1.94. The lowest BCUT2D eigenvalue weighted by molar-refractivity contribution is 0.915. The maximum absolute atomic E-state index is 3.29. The average Bonchev–Trinajstić information content (AvgIpc) is 2.15. The van der Waals surface area contributed by atoms with Gasteiger partial charge in [0, 0.05) is 18.9 Å². The Kier molecular flexibility index (Phi) is 2.74. The van der Waals surface area contributed by atoms with Crippen molar-refractivity contribution in [2.24, 2.45) is 7.05 Å². The summed E-state index contributed by atoms with van der Waals surface area (Å²) >= 11 is 6.59. The molecular weight excluding hydrogens is 258 g/mol. The smallest absolute Gasteiger partial charge is 0.0624 e. The fourth-order valence-electron chi connectivity index (χ4n) is 0.736. The van der Waals surface area contributed by atoms with Crippen molar-refractivity contribution in [3.63, 3.8) is 0 Å². The highest BCUT2D eigenvalue weighted by Crippen LogP contribution is 2.17. The van der Waals surface area contributed by atoms with Crippen LogP contribution in [0.15, 0.2) is 21.7 Å². The highest BCUT2D eigenvalue weighted by molar-refractivity contribution is 9.28.